The Morgan fingerprint density at radius 1 is 1.24 bits per heavy atom. The number of carbonyl (C=O) groups is 1. The number of hydrogen-bond acceptors (Lipinski definition) is 5. The molecule has 0 aromatic heterocycles. The summed E-state index contributed by atoms with van der Waals surface area (Å²) in [5.41, 5.74) is 0.492. The van der Waals surface area contributed by atoms with Gasteiger partial charge in [-0.2, -0.15) is 5.26 Å². The highest BCUT2D eigenvalue weighted by Crippen LogP contribution is 2.40. The zero-order valence-electron chi connectivity index (χ0n) is 12.7. The van der Waals surface area contributed by atoms with Crippen molar-refractivity contribution in [1.82, 2.24) is 0 Å². The van der Waals surface area contributed by atoms with Crippen LogP contribution in [0.3, 0.4) is 0 Å². The number of methoxy groups -OCH3 is 3. The van der Waals surface area contributed by atoms with Gasteiger partial charge in [0.15, 0.2) is 11.5 Å². The smallest absolute Gasteiger partial charge is 0.241 e. The molecule has 0 saturated carbocycles. The van der Waals surface area contributed by atoms with Crippen LogP contribution in [0.25, 0.3) is 0 Å². The lowest BCUT2D eigenvalue weighted by Gasteiger charge is -2.15. The first-order chi connectivity index (χ1) is 10.1. The minimum absolute atomic E-state index is 0.339. The van der Waals surface area contributed by atoms with Gasteiger partial charge in [0.2, 0.25) is 11.7 Å². The van der Waals surface area contributed by atoms with Crippen LogP contribution in [0.1, 0.15) is 19.8 Å². The van der Waals surface area contributed by atoms with Crippen LogP contribution < -0.4 is 19.5 Å². The lowest BCUT2D eigenvalue weighted by Crippen LogP contribution is -2.21. The summed E-state index contributed by atoms with van der Waals surface area (Å²) in [6.45, 7) is 1.93. The van der Waals surface area contributed by atoms with Crippen LogP contribution in [0.2, 0.25) is 0 Å². The third-order valence-electron chi connectivity index (χ3n) is 2.98. The molecule has 0 aliphatic rings. The fourth-order valence-corrected chi connectivity index (χ4v) is 1.93. The second-order valence-corrected chi connectivity index (χ2v) is 4.37. The number of amides is 1. The molecule has 1 rings (SSSR count). The van der Waals surface area contributed by atoms with Gasteiger partial charge in [0, 0.05) is 17.8 Å². The third kappa shape index (κ3) is 4.02. The lowest BCUT2D eigenvalue weighted by molar-refractivity contribution is -0.118. The van der Waals surface area contributed by atoms with Gasteiger partial charge < -0.3 is 19.5 Å². The number of nitriles is 1. The first-order valence-electron chi connectivity index (χ1n) is 6.61. The molecule has 0 radical (unpaired) electrons. The van der Waals surface area contributed by atoms with Crippen LogP contribution in [0, 0.1) is 17.2 Å². The van der Waals surface area contributed by atoms with Crippen molar-refractivity contribution in [3.8, 4) is 23.3 Å². The molecular formula is C15H20N2O4. The average Bonchev–Trinajstić information content (AvgIpc) is 2.51. The summed E-state index contributed by atoms with van der Waals surface area (Å²) in [4.78, 5) is 12.0. The van der Waals surface area contributed by atoms with Crippen molar-refractivity contribution in [2.75, 3.05) is 26.6 Å². The Morgan fingerprint density at radius 2 is 1.81 bits per heavy atom. The zero-order valence-corrected chi connectivity index (χ0v) is 12.7. The Labute approximate surface area is 124 Å². The van der Waals surface area contributed by atoms with Crippen molar-refractivity contribution in [1.29, 1.82) is 5.26 Å². The Morgan fingerprint density at radius 3 is 2.19 bits per heavy atom. The van der Waals surface area contributed by atoms with Crippen molar-refractivity contribution in [3.63, 3.8) is 0 Å². The maximum absolute atomic E-state index is 12.0. The standard InChI is InChI=1S/C15H20N2O4/c1-5-6-10(9-16)15(18)17-11-7-12(19-2)14(21-4)13(8-11)20-3/h7-8,10H,5-6H2,1-4H3,(H,17,18). The van der Waals surface area contributed by atoms with E-state index < -0.39 is 5.92 Å². The van der Waals surface area contributed by atoms with Crippen molar-refractivity contribution >= 4 is 11.6 Å². The molecule has 0 spiro atoms. The van der Waals surface area contributed by atoms with Gasteiger partial charge in [-0.25, -0.2) is 0 Å². The van der Waals surface area contributed by atoms with Gasteiger partial charge in [0.25, 0.3) is 0 Å². The highest BCUT2D eigenvalue weighted by molar-refractivity contribution is 5.94. The van der Waals surface area contributed by atoms with E-state index in [2.05, 4.69) is 5.32 Å². The maximum atomic E-state index is 12.0. The first kappa shape index (κ1) is 16.6. The molecule has 1 aromatic rings. The normalized spacial score (nSPS) is 11.2. The van der Waals surface area contributed by atoms with Gasteiger partial charge in [-0.05, 0) is 6.42 Å². The summed E-state index contributed by atoms with van der Waals surface area (Å²) >= 11 is 0. The molecule has 0 fully saturated rings. The summed E-state index contributed by atoms with van der Waals surface area (Å²) in [6.07, 6.45) is 1.29. The van der Waals surface area contributed by atoms with Crippen molar-refractivity contribution in [2.24, 2.45) is 5.92 Å². The predicted octanol–water partition coefficient (Wildman–Crippen LogP) is 2.59. The highest BCUT2D eigenvalue weighted by Gasteiger charge is 2.19. The SMILES string of the molecule is CCCC(C#N)C(=O)Nc1cc(OC)c(OC)c(OC)c1. The predicted molar refractivity (Wildman–Crippen MR) is 78.7 cm³/mol. The minimum atomic E-state index is -0.672. The quantitative estimate of drug-likeness (QED) is 0.835. The van der Waals surface area contributed by atoms with Gasteiger partial charge in [-0.15, -0.1) is 0 Å². The summed E-state index contributed by atoms with van der Waals surface area (Å²) in [6, 6.07) is 5.25. The zero-order chi connectivity index (χ0) is 15.8. The van der Waals surface area contributed by atoms with E-state index in [1.807, 2.05) is 13.0 Å². The average molecular weight is 292 g/mol. The maximum Gasteiger partial charge on any atom is 0.241 e. The molecule has 0 aliphatic heterocycles. The highest BCUT2D eigenvalue weighted by atomic mass is 16.5. The third-order valence-corrected chi connectivity index (χ3v) is 2.98. The van der Waals surface area contributed by atoms with Crippen LogP contribution in [0.15, 0.2) is 12.1 Å². The van der Waals surface area contributed by atoms with Gasteiger partial charge in [-0.1, -0.05) is 13.3 Å². The molecule has 21 heavy (non-hydrogen) atoms. The van der Waals surface area contributed by atoms with Crippen molar-refractivity contribution < 1.29 is 19.0 Å². The first-order valence-corrected chi connectivity index (χ1v) is 6.61. The number of nitrogens with zero attached hydrogens (tertiary/aromatic N) is 1. The Kier molecular flexibility index (Phi) is 6.34. The molecule has 6 nitrogen and oxygen atoms in total. The number of nitrogens with one attached hydrogen (secondary N) is 1. The molecule has 1 N–H and O–H groups in total. The van der Waals surface area contributed by atoms with E-state index in [9.17, 15) is 4.79 Å². The molecule has 0 aliphatic carbocycles. The number of hydrogen-bond donors (Lipinski definition) is 1. The van der Waals surface area contributed by atoms with E-state index in [1.54, 1.807) is 12.1 Å². The monoisotopic (exact) mass is 292 g/mol. The van der Waals surface area contributed by atoms with Gasteiger partial charge in [-0.3, -0.25) is 4.79 Å². The van der Waals surface area contributed by atoms with E-state index in [0.29, 0.717) is 29.4 Å². The second-order valence-electron chi connectivity index (χ2n) is 4.37. The largest absolute Gasteiger partial charge is 0.493 e. The Balaban J connectivity index is 3.04. The van der Waals surface area contributed by atoms with Crippen LogP contribution >= 0.6 is 0 Å². The molecule has 1 unspecified atom stereocenters. The number of ether oxygens (including phenoxy) is 3. The number of benzene rings is 1. The number of anilines is 1. The second kappa shape index (κ2) is 8.00. The topological polar surface area (TPSA) is 80.6 Å². The van der Waals surface area contributed by atoms with E-state index >= 15 is 0 Å². The Hall–Kier alpha value is -2.42. The van der Waals surface area contributed by atoms with Gasteiger partial charge >= 0.3 is 0 Å². The molecule has 1 atom stereocenters. The van der Waals surface area contributed by atoms with E-state index in [0.717, 1.165) is 6.42 Å². The van der Waals surface area contributed by atoms with Gasteiger partial charge in [0.05, 0.1) is 27.4 Å². The summed E-state index contributed by atoms with van der Waals surface area (Å²) < 4.78 is 15.6. The number of rotatable bonds is 7. The van der Waals surface area contributed by atoms with Crippen LogP contribution in [-0.2, 0) is 4.79 Å². The molecule has 6 heteroatoms. The molecule has 0 heterocycles. The molecule has 1 aromatic carbocycles. The summed E-state index contributed by atoms with van der Waals surface area (Å²) in [7, 11) is 4.50. The molecule has 0 bridgehead atoms. The van der Waals surface area contributed by atoms with Crippen molar-refractivity contribution in [2.45, 2.75) is 19.8 Å². The molecular weight excluding hydrogens is 272 g/mol. The lowest BCUT2D eigenvalue weighted by atomic mass is 10.0. The number of carbonyl (C=O) groups excluding carboxylic acids is 1. The summed E-state index contributed by atoms with van der Waals surface area (Å²) in [5.74, 6) is 0.318. The van der Waals surface area contributed by atoms with E-state index in [4.69, 9.17) is 19.5 Å². The van der Waals surface area contributed by atoms with Gasteiger partial charge in [0.1, 0.15) is 5.92 Å². The molecule has 114 valence electrons. The fourth-order valence-electron chi connectivity index (χ4n) is 1.93. The van der Waals surface area contributed by atoms with E-state index in [1.165, 1.54) is 21.3 Å². The van der Waals surface area contributed by atoms with Crippen LogP contribution in [0.4, 0.5) is 5.69 Å². The van der Waals surface area contributed by atoms with E-state index in [-0.39, 0.29) is 5.91 Å². The van der Waals surface area contributed by atoms with Crippen molar-refractivity contribution in [3.05, 3.63) is 12.1 Å². The molecule has 0 saturated heterocycles. The Bertz CT molecular complexity index is 512. The van der Waals surface area contributed by atoms with Crippen LogP contribution in [-0.4, -0.2) is 27.2 Å². The summed E-state index contributed by atoms with van der Waals surface area (Å²) in [5, 5.41) is 11.7. The van der Waals surface area contributed by atoms with Crippen LogP contribution in [0.5, 0.6) is 17.2 Å². The minimum Gasteiger partial charge on any atom is -0.493 e. The molecule has 1 amide bonds. The fraction of sp³-hybridized carbons (Fsp3) is 0.467.